The average Bonchev–Trinajstić information content (AvgIpc) is 2.90. The molecule has 6 heteroatoms. The molecule has 3 rings (SSSR count). The number of carbonyl (C=O) groups excluding carboxylic acids is 1. The molecule has 1 amide bonds. The van der Waals surface area contributed by atoms with E-state index in [4.69, 9.17) is 4.74 Å². The fourth-order valence-electron chi connectivity index (χ4n) is 2.35. The van der Waals surface area contributed by atoms with Crippen molar-refractivity contribution in [2.75, 3.05) is 13.2 Å². The standard InChI is InChI=1S/C14H12N2O4/c17-14(15-6-2-1-3-7-15)12-9-20-13-5-4-10(16(18)19)8-11(12)13/h1-6,8,12H,7,9H2. The van der Waals surface area contributed by atoms with E-state index in [0.29, 0.717) is 17.9 Å². The lowest BCUT2D eigenvalue weighted by Crippen LogP contribution is -2.32. The summed E-state index contributed by atoms with van der Waals surface area (Å²) >= 11 is 0. The number of hydrogen-bond acceptors (Lipinski definition) is 4. The number of allylic oxidation sites excluding steroid dienone is 2. The average molecular weight is 272 g/mol. The Bertz CT molecular complexity index is 636. The van der Waals surface area contributed by atoms with Gasteiger partial charge in [0, 0.05) is 30.4 Å². The second-order valence-electron chi connectivity index (χ2n) is 4.60. The van der Waals surface area contributed by atoms with Crippen molar-refractivity contribution in [3.8, 4) is 5.75 Å². The summed E-state index contributed by atoms with van der Waals surface area (Å²) in [6, 6.07) is 4.36. The van der Waals surface area contributed by atoms with E-state index in [0.717, 1.165) is 0 Å². The van der Waals surface area contributed by atoms with Gasteiger partial charge in [-0.15, -0.1) is 0 Å². The Balaban J connectivity index is 1.90. The van der Waals surface area contributed by atoms with E-state index in [9.17, 15) is 14.9 Å². The lowest BCUT2D eigenvalue weighted by molar-refractivity contribution is -0.384. The molecule has 0 N–H and O–H groups in total. The van der Waals surface area contributed by atoms with E-state index >= 15 is 0 Å². The van der Waals surface area contributed by atoms with Crippen LogP contribution in [0.4, 0.5) is 5.69 Å². The summed E-state index contributed by atoms with van der Waals surface area (Å²) in [5.74, 6) is -0.0450. The molecule has 1 aromatic rings. The maximum atomic E-state index is 12.4. The van der Waals surface area contributed by atoms with E-state index < -0.39 is 10.8 Å². The highest BCUT2D eigenvalue weighted by Crippen LogP contribution is 2.37. The molecular formula is C14H12N2O4. The maximum Gasteiger partial charge on any atom is 0.270 e. The summed E-state index contributed by atoms with van der Waals surface area (Å²) in [7, 11) is 0. The number of non-ortho nitro benzene ring substituents is 1. The highest BCUT2D eigenvalue weighted by Gasteiger charge is 2.34. The van der Waals surface area contributed by atoms with Gasteiger partial charge in [-0.2, -0.15) is 0 Å². The van der Waals surface area contributed by atoms with Crippen LogP contribution >= 0.6 is 0 Å². The number of amides is 1. The van der Waals surface area contributed by atoms with E-state index in [2.05, 4.69) is 0 Å². The first kappa shape index (κ1) is 12.4. The SMILES string of the molecule is O=C(C1COc2ccc([N+](=O)[O-])cc21)N1C=CC=CC1. The molecule has 0 aromatic heterocycles. The molecule has 0 bridgehead atoms. The number of hydrogen-bond donors (Lipinski definition) is 0. The van der Waals surface area contributed by atoms with E-state index in [-0.39, 0.29) is 18.2 Å². The van der Waals surface area contributed by atoms with E-state index in [1.807, 2.05) is 12.2 Å². The minimum absolute atomic E-state index is 0.0267. The number of fused-ring (bicyclic) bond motifs is 1. The molecule has 1 aromatic carbocycles. The van der Waals surface area contributed by atoms with E-state index in [1.54, 1.807) is 23.2 Å². The van der Waals surface area contributed by atoms with Crippen molar-refractivity contribution < 1.29 is 14.5 Å². The predicted octanol–water partition coefficient (Wildman–Crippen LogP) is 1.98. The summed E-state index contributed by atoms with van der Waals surface area (Å²) < 4.78 is 5.45. The van der Waals surface area contributed by atoms with Crippen molar-refractivity contribution in [3.05, 3.63) is 58.3 Å². The van der Waals surface area contributed by atoms with Gasteiger partial charge in [-0.05, 0) is 12.1 Å². The molecule has 0 aliphatic carbocycles. The monoisotopic (exact) mass is 272 g/mol. The molecule has 20 heavy (non-hydrogen) atoms. The fourth-order valence-corrected chi connectivity index (χ4v) is 2.35. The summed E-state index contributed by atoms with van der Waals surface area (Å²) in [4.78, 5) is 24.4. The van der Waals surface area contributed by atoms with Crippen molar-refractivity contribution in [1.82, 2.24) is 4.90 Å². The van der Waals surface area contributed by atoms with Crippen LogP contribution in [0, 0.1) is 10.1 Å². The zero-order valence-electron chi connectivity index (χ0n) is 10.6. The van der Waals surface area contributed by atoms with Gasteiger partial charge in [0.1, 0.15) is 18.3 Å². The number of benzene rings is 1. The Morgan fingerprint density at radius 2 is 2.25 bits per heavy atom. The molecule has 0 saturated heterocycles. The highest BCUT2D eigenvalue weighted by atomic mass is 16.6. The summed E-state index contributed by atoms with van der Waals surface area (Å²) in [6.07, 6.45) is 7.24. The second kappa shape index (κ2) is 4.80. The first-order valence-electron chi connectivity index (χ1n) is 6.22. The Labute approximate surface area is 115 Å². The van der Waals surface area contributed by atoms with Gasteiger partial charge in [0.25, 0.3) is 5.69 Å². The first-order valence-corrected chi connectivity index (χ1v) is 6.22. The Hall–Kier alpha value is -2.63. The maximum absolute atomic E-state index is 12.4. The number of nitrogens with zero attached hydrogens (tertiary/aromatic N) is 2. The molecule has 0 fully saturated rings. The Morgan fingerprint density at radius 3 is 2.95 bits per heavy atom. The van der Waals surface area contributed by atoms with Crippen LogP contribution in [-0.2, 0) is 4.79 Å². The summed E-state index contributed by atoms with van der Waals surface area (Å²) in [5.41, 5.74) is 0.563. The number of ether oxygens (including phenoxy) is 1. The van der Waals surface area contributed by atoms with Crippen LogP contribution < -0.4 is 4.74 Å². The van der Waals surface area contributed by atoms with Gasteiger partial charge < -0.3 is 9.64 Å². The van der Waals surface area contributed by atoms with Crippen molar-refractivity contribution in [1.29, 1.82) is 0 Å². The van der Waals surface area contributed by atoms with Crippen LogP contribution in [0.3, 0.4) is 0 Å². The predicted molar refractivity (Wildman–Crippen MR) is 71.3 cm³/mol. The molecule has 102 valence electrons. The summed E-state index contributed by atoms with van der Waals surface area (Å²) in [5, 5.41) is 10.8. The van der Waals surface area contributed by atoms with Gasteiger partial charge in [0.2, 0.25) is 5.91 Å². The van der Waals surface area contributed by atoms with Crippen molar-refractivity contribution in [2.45, 2.75) is 5.92 Å². The summed E-state index contributed by atoms with van der Waals surface area (Å²) in [6.45, 7) is 0.736. The molecule has 1 atom stereocenters. The molecule has 0 radical (unpaired) electrons. The van der Waals surface area contributed by atoms with Gasteiger partial charge in [0.05, 0.1) is 4.92 Å². The Morgan fingerprint density at radius 1 is 1.40 bits per heavy atom. The van der Waals surface area contributed by atoms with Crippen molar-refractivity contribution in [2.24, 2.45) is 0 Å². The molecule has 6 nitrogen and oxygen atoms in total. The molecule has 1 unspecified atom stereocenters. The third-order valence-electron chi connectivity index (χ3n) is 3.38. The quantitative estimate of drug-likeness (QED) is 0.609. The van der Waals surface area contributed by atoms with Crippen molar-refractivity contribution in [3.63, 3.8) is 0 Å². The molecule has 0 spiro atoms. The smallest absolute Gasteiger partial charge is 0.270 e. The van der Waals surface area contributed by atoms with Crippen LogP contribution in [0.25, 0.3) is 0 Å². The highest BCUT2D eigenvalue weighted by molar-refractivity contribution is 5.87. The van der Waals surface area contributed by atoms with Gasteiger partial charge in [0.15, 0.2) is 0 Å². The second-order valence-corrected chi connectivity index (χ2v) is 4.60. The van der Waals surface area contributed by atoms with Crippen LogP contribution in [0.1, 0.15) is 11.5 Å². The Kier molecular flexibility index (Phi) is 2.98. The molecule has 0 saturated carbocycles. The molecule has 2 heterocycles. The normalized spacial score (nSPS) is 19.6. The lowest BCUT2D eigenvalue weighted by atomic mass is 9.99. The van der Waals surface area contributed by atoms with Crippen LogP contribution in [0.5, 0.6) is 5.75 Å². The number of nitro groups is 1. The zero-order valence-corrected chi connectivity index (χ0v) is 10.6. The van der Waals surface area contributed by atoms with Gasteiger partial charge in [-0.25, -0.2) is 0 Å². The van der Waals surface area contributed by atoms with Gasteiger partial charge >= 0.3 is 0 Å². The third kappa shape index (κ3) is 2.05. The first-order chi connectivity index (χ1) is 9.66. The minimum atomic E-state index is -0.485. The topological polar surface area (TPSA) is 72.7 Å². The minimum Gasteiger partial charge on any atom is -0.492 e. The lowest BCUT2D eigenvalue weighted by Gasteiger charge is -2.21. The van der Waals surface area contributed by atoms with Crippen LogP contribution in [0.2, 0.25) is 0 Å². The van der Waals surface area contributed by atoms with Crippen LogP contribution in [-0.4, -0.2) is 28.9 Å². The van der Waals surface area contributed by atoms with Gasteiger partial charge in [-0.1, -0.05) is 12.2 Å². The zero-order chi connectivity index (χ0) is 14.1. The molecule has 2 aliphatic heterocycles. The molecular weight excluding hydrogens is 260 g/mol. The van der Waals surface area contributed by atoms with Crippen LogP contribution in [0.15, 0.2) is 42.6 Å². The number of rotatable bonds is 2. The largest absolute Gasteiger partial charge is 0.492 e. The van der Waals surface area contributed by atoms with Gasteiger partial charge in [-0.3, -0.25) is 14.9 Å². The fraction of sp³-hybridized carbons (Fsp3) is 0.214. The number of nitro benzene ring substituents is 1. The van der Waals surface area contributed by atoms with E-state index in [1.165, 1.54) is 12.1 Å². The van der Waals surface area contributed by atoms with Crippen molar-refractivity contribution >= 4 is 11.6 Å². The number of carbonyl (C=O) groups is 1. The molecule has 2 aliphatic rings. The third-order valence-corrected chi connectivity index (χ3v) is 3.38.